The van der Waals surface area contributed by atoms with Gasteiger partial charge in [-0.05, 0) is 49.4 Å². The second-order valence-electron chi connectivity index (χ2n) is 7.51. The van der Waals surface area contributed by atoms with Crippen LogP contribution in [0.5, 0.6) is 0 Å². The maximum atomic E-state index is 12.9. The number of Topliss-reactive ketones (excluding diaryl/α,β-unsaturated/α-hetero) is 1. The van der Waals surface area contributed by atoms with E-state index in [0.717, 1.165) is 5.69 Å². The Hall–Kier alpha value is -3.43. The number of anilines is 3. The molecule has 0 aliphatic carbocycles. The highest BCUT2D eigenvalue weighted by molar-refractivity contribution is 7.14. The summed E-state index contributed by atoms with van der Waals surface area (Å²) in [6, 6.07) is 13.8. The fourth-order valence-corrected chi connectivity index (χ4v) is 4.36. The van der Waals surface area contributed by atoms with Crippen molar-refractivity contribution in [2.24, 2.45) is 0 Å². The summed E-state index contributed by atoms with van der Waals surface area (Å²) in [7, 11) is 0. The Morgan fingerprint density at radius 2 is 1.73 bits per heavy atom. The van der Waals surface area contributed by atoms with Gasteiger partial charge in [0.25, 0.3) is 5.91 Å². The second-order valence-corrected chi connectivity index (χ2v) is 8.80. The number of ketones is 1. The van der Waals surface area contributed by atoms with E-state index in [1.807, 2.05) is 24.3 Å². The molecule has 0 spiro atoms. The Bertz CT molecular complexity index is 1170. The largest absolute Gasteiger partial charge is 0.368 e. The van der Waals surface area contributed by atoms with E-state index in [4.69, 9.17) is 11.6 Å². The summed E-state index contributed by atoms with van der Waals surface area (Å²) in [5, 5.41) is 7.81. The number of hydrogen-bond acceptors (Lipinski definition) is 6. The first-order valence-corrected chi connectivity index (χ1v) is 11.6. The van der Waals surface area contributed by atoms with Crippen molar-refractivity contribution in [2.45, 2.75) is 6.92 Å². The van der Waals surface area contributed by atoms with Gasteiger partial charge in [-0.3, -0.25) is 14.9 Å². The first-order valence-electron chi connectivity index (χ1n) is 10.3. The van der Waals surface area contributed by atoms with E-state index < -0.39 is 6.03 Å². The number of thiazole rings is 1. The number of piperazine rings is 1. The van der Waals surface area contributed by atoms with Gasteiger partial charge in [0.1, 0.15) is 5.69 Å². The third kappa shape index (κ3) is 5.68. The SMILES string of the molecule is CC(=O)c1ccc(N2CCN(C(=O)c3csc(NC(=O)Nc4cccc(Cl)c4)n3)CC2)cc1. The average molecular weight is 484 g/mol. The summed E-state index contributed by atoms with van der Waals surface area (Å²) in [5.74, 6) is -0.128. The number of halogens is 1. The molecule has 3 amide bonds. The van der Waals surface area contributed by atoms with Gasteiger partial charge in [-0.15, -0.1) is 11.3 Å². The minimum Gasteiger partial charge on any atom is -0.368 e. The lowest BCUT2D eigenvalue weighted by atomic mass is 10.1. The molecule has 0 atom stereocenters. The molecule has 33 heavy (non-hydrogen) atoms. The van der Waals surface area contributed by atoms with E-state index in [9.17, 15) is 14.4 Å². The highest BCUT2D eigenvalue weighted by Gasteiger charge is 2.24. The second kappa shape index (κ2) is 10.0. The van der Waals surface area contributed by atoms with Crippen molar-refractivity contribution >= 4 is 57.2 Å². The molecule has 0 saturated carbocycles. The molecule has 0 bridgehead atoms. The van der Waals surface area contributed by atoms with Crippen molar-refractivity contribution in [2.75, 3.05) is 41.7 Å². The van der Waals surface area contributed by atoms with Crippen molar-refractivity contribution in [1.82, 2.24) is 9.88 Å². The van der Waals surface area contributed by atoms with E-state index in [-0.39, 0.29) is 11.7 Å². The van der Waals surface area contributed by atoms with Crippen LogP contribution in [0.4, 0.5) is 21.3 Å². The van der Waals surface area contributed by atoms with Gasteiger partial charge in [-0.2, -0.15) is 0 Å². The molecule has 2 heterocycles. The van der Waals surface area contributed by atoms with Crippen LogP contribution in [0.3, 0.4) is 0 Å². The highest BCUT2D eigenvalue weighted by atomic mass is 35.5. The summed E-state index contributed by atoms with van der Waals surface area (Å²) in [5.41, 5.74) is 2.57. The van der Waals surface area contributed by atoms with E-state index in [2.05, 4.69) is 20.5 Å². The summed E-state index contributed by atoms with van der Waals surface area (Å²) in [6.07, 6.45) is 0. The Balaban J connectivity index is 1.30. The fourth-order valence-electron chi connectivity index (χ4n) is 3.49. The maximum Gasteiger partial charge on any atom is 0.325 e. The van der Waals surface area contributed by atoms with Crippen molar-refractivity contribution < 1.29 is 14.4 Å². The third-order valence-electron chi connectivity index (χ3n) is 5.23. The summed E-state index contributed by atoms with van der Waals surface area (Å²) >= 11 is 7.11. The zero-order valence-corrected chi connectivity index (χ0v) is 19.4. The molecule has 2 N–H and O–H groups in total. The zero-order chi connectivity index (χ0) is 23.4. The normalized spacial score (nSPS) is 13.5. The molecule has 1 aromatic heterocycles. The first-order chi connectivity index (χ1) is 15.9. The van der Waals surface area contributed by atoms with Gasteiger partial charge in [0.2, 0.25) is 0 Å². The van der Waals surface area contributed by atoms with Gasteiger partial charge in [0.05, 0.1) is 0 Å². The molecule has 10 heteroatoms. The minimum absolute atomic E-state index is 0.0380. The Morgan fingerprint density at radius 1 is 1.00 bits per heavy atom. The number of amides is 3. The number of nitrogens with zero attached hydrogens (tertiary/aromatic N) is 3. The molecular weight excluding hydrogens is 462 g/mol. The van der Waals surface area contributed by atoms with Gasteiger partial charge >= 0.3 is 6.03 Å². The quantitative estimate of drug-likeness (QED) is 0.517. The molecule has 8 nitrogen and oxygen atoms in total. The van der Waals surface area contributed by atoms with Crippen molar-refractivity contribution in [3.8, 4) is 0 Å². The smallest absolute Gasteiger partial charge is 0.325 e. The van der Waals surface area contributed by atoms with Crippen LogP contribution >= 0.6 is 22.9 Å². The minimum atomic E-state index is -0.463. The Kier molecular flexibility index (Phi) is 6.90. The van der Waals surface area contributed by atoms with Crippen LogP contribution in [0, 0.1) is 0 Å². The van der Waals surface area contributed by atoms with E-state index >= 15 is 0 Å². The molecular formula is C23H22ClN5O3S. The fraction of sp³-hybridized carbons (Fsp3) is 0.217. The van der Waals surface area contributed by atoms with Crippen LogP contribution in [-0.4, -0.2) is 53.8 Å². The molecule has 1 fully saturated rings. The van der Waals surface area contributed by atoms with E-state index in [1.165, 1.54) is 11.3 Å². The van der Waals surface area contributed by atoms with E-state index in [0.29, 0.717) is 53.3 Å². The van der Waals surface area contributed by atoms with Crippen LogP contribution < -0.4 is 15.5 Å². The third-order valence-corrected chi connectivity index (χ3v) is 6.22. The van der Waals surface area contributed by atoms with Crippen LogP contribution in [-0.2, 0) is 0 Å². The highest BCUT2D eigenvalue weighted by Crippen LogP contribution is 2.21. The van der Waals surface area contributed by atoms with Crippen LogP contribution in [0.2, 0.25) is 5.02 Å². The van der Waals surface area contributed by atoms with Crippen molar-refractivity contribution in [3.63, 3.8) is 0 Å². The monoisotopic (exact) mass is 483 g/mol. The molecule has 0 unspecified atom stereocenters. The summed E-state index contributed by atoms with van der Waals surface area (Å²) < 4.78 is 0. The molecule has 0 radical (unpaired) electrons. The van der Waals surface area contributed by atoms with E-state index in [1.54, 1.807) is 41.5 Å². The van der Waals surface area contributed by atoms with Crippen LogP contribution in [0.25, 0.3) is 0 Å². The number of benzene rings is 2. The van der Waals surface area contributed by atoms with Gasteiger partial charge in [-0.25, -0.2) is 9.78 Å². The maximum absolute atomic E-state index is 12.9. The van der Waals surface area contributed by atoms with Gasteiger partial charge in [0, 0.05) is 53.5 Å². The van der Waals surface area contributed by atoms with Crippen LogP contribution in [0.1, 0.15) is 27.8 Å². The molecule has 2 aromatic carbocycles. The number of rotatable bonds is 5. The lowest BCUT2D eigenvalue weighted by molar-refractivity contribution is 0.0741. The number of hydrogen-bond donors (Lipinski definition) is 2. The number of carbonyl (C=O) groups excluding carboxylic acids is 3. The number of carbonyl (C=O) groups is 3. The summed E-state index contributed by atoms with van der Waals surface area (Å²) in [6.45, 7) is 4.03. The molecule has 4 rings (SSSR count). The van der Waals surface area contributed by atoms with Crippen LogP contribution in [0.15, 0.2) is 53.9 Å². The van der Waals surface area contributed by atoms with Gasteiger partial charge in [0.15, 0.2) is 10.9 Å². The van der Waals surface area contributed by atoms with Crippen molar-refractivity contribution in [1.29, 1.82) is 0 Å². The average Bonchev–Trinajstić information content (AvgIpc) is 3.27. The number of aromatic nitrogens is 1. The lowest BCUT2D eigenvalue weighted by Gasteiger charge is -2.35. The molecule has 170 valence electrons. The predicted octanol–water partition coefficient (Wildman–Crippen LogP) is 4.61. The topological polar surface area (TPSA) is 94.6 Å². The number of nitrogens with one attached hydrogen (secondary N) is 2. The predicted molar refractivity (Wildman–Crippen MR) is 131 cm³/mol. The lowest BCUT2D eigenvalue weighted by Crippen LogP contribution is -2.48. The Labute approximate surface area is 200 Å². The van der Waals surface area contributed by atoms with Gasteiger partial charge in [-0.1, -0.05) is 17.7 Å². The molecule has 1 aliphatic heterocycles. The molecule has 1 aliphatic rings. The Morgan fingerprint density at radius 3 is 2.39 bits per heavy atom. The first kappa shape index (κ1) is 22.8. The van der Waals surface area contributed by atoms with Crippen molar-refractivity contribution in [3.05, 3.63) is 70.2 Å². The zero-order valence-electron chi connectivity index (χ0n) is 17.9. The summed E-state index contributed by atoms with van der Waals surface area (Å²) in [4.78, 5) is 44.7. The molecule has 1 saturated heterocycles. The molecule has 3 aromatic rings. The van der Waals surface area contributed by atoms with Gasteiger partial charge < -0.3 is 15.1 Å². The standard InChI is InChI=1S/C23H22ClN5O3S/c1-15(30)16-5-7-19(8-6-16)28-9-11-29(12-10-28)21(31)20-14-33-23(26-20)27-22(32)25-18-4-2-3-17(24)13-18/h2-8,13-14H,9-12H2,1H3,(H2,25,26,27,32). The number of urea groups is 1.